The van der Waals surface area contributed by atoms with Gasteiger partial charge in [-0.25, -0.2) is 0 Å². The molecule has 3 N–H and O–H groups in total. The summed E-state index contributed by atoms with van der Waals surface area (Å²) < 4.78 is 1.36. The molecule has 1 aliphatic rings. The third-order valence-electron chi connectivity index (χ3n) is 4.67. The zero-order chi connectivity index (χ0) is 20.0. The smallest absolute Gasteiger partial charge is 0.253 e. The number of nitrogens with zero attached hydrogens (tertiary/aromatic N) is 2. The molecular weight excluding hydrogens is 346 g/mol. The lowest BCUT2D eigenvalue weighted by molar-refractivity contribution is -0.122. The maximum absolute atomic E-state index is 12.7. The van der Waals surface area contributed by atoms with E-state index in [1.807, 2.05) is 13.8 Å². The number of carbonyl (C=O) groups is 2. The minimum atomic E-state index is -0.277. The Balaban J connectivity index is 2.08. The van der Waals surface area contributed by atoms with Gasteiger partial charge in [0.05, 0.1) is 5.56 Å². The van der Waals surface area contributed by atoms with Crippen molar-refractivity contribution in [2.75, 3.05) is 39.3 Å². The number of rotatable bonds is 7. The molecule has 0 unspecified atom stereocenters. The third kappa shape index (κ3) is 5.90. The third-order valence-corrected chi connectivity index (χ3v) is 4.67. The van der Waals surface area contributed by atoms with Gasteiger partial charge in [-0.3, -0.25) is 19.3 Å². The summed E-state index contributed by atoms with van der Waals surface area (Å²) in [5.74, 6) is -0.456. The van der Waals surface area contributed by atoms with Crippen molar-refractivity contribution in [2.24, 2.45) is 0 Å². The van der Waals surface area contributed by atoms with E-state index < -0.39 is 0 Å². The van der Waals surface area contributed by atoms with E-state index in [-0.39, 0.29) is 30.0 Å². The minimum Gasteiger partial charge on any atom is -0.352 e. The second-order valence-electron chi connectivity index (χ2n) is 7.28. The van der Waals surface area contributed by atoms with Gasteiger partial charge in [0.2, 0.25) is 5.91 Å². The molecule has 0 aromatic carbocycles. The Morgan fingerprint density at radius 3 is 2.52 bits per heavy atom. The molecule has 150 valence electrons. The topological polar surface area (TPSA) is 95.5 Å². The van der Waals surface area contributed by atoms with Crippen molar-refractivity contribution in [3.05, 3.63) is 33.2 Å². The lowest BCUT2D eigenvalue weighted by atomic mass is 10.1. The minimum absolute atomic E-state index is 0.00767. The number of aryl methyl sites for hydroxylation is 1. The molecule has 8 nitrogen and oxygen atoms in total. The molecule has 0 spiro atoms. The zero-order valence-electron chi connectivity index (χ0n) is 16.7. The van der Waals surface area contributed by atoms with Crippen LogP contribution in [0.3, 0.4) is 0 Å². The molecule has 0 atom stereocenters. The predicted molar refractivity (Wildman–Crippen MR) is 105 cm³/mol. The fraction of sp³-hybridized carbons (Fsp3) is 0.632. The molecule has 0 aliphatic carbocycles. The van der Waals surface area contributed by atoms with Crippen LogP contribution in [-0.4, -0.2) is 66.6 Å². The number of pyridine rings is 1. The number of piperazine rings is 1. The molecule has 27 heavy (non-hydrogen) atoms. The van der Waals surface area contributed by atoms with Crippen LogP contribution in [-0.2, 0) is 11.3 Å². The van der Waals surface area contributed by atoms with Gasteiger partial charge in [-0.2, -0.15) is 0 Å². The summed E-state index contributed by atoms with van der Waals surface area (Å²) in [4.78, 5) is 39.4. The van der Waals surface area contributed by atoms with Crippen LogP contribution in [0.1, 0.15) is 35.5 Å². The molecule has 1 saturated heterocycles. The first-order chi connectivity index (χ1) is 12.8. The van der Waals surface area contributed by atoms with Crippen LogP contribution in [0, 0.1) is 13.8 Å². The monoisotopic (exact) mass is 377 g/mol. The van der Waals surface area contributed by atoms with Gasteiger partial charge in [0, 0.05) is 57.1 Å². The highest BCUT2D eigenvalue weighted by Crippen LogP contribution is 2.11. The number of hydrogen-bond donors (Lipinski definition) is 3. The van der Waals surface area contributed by atoms with Gasteiger partial charge in [0.25, 0.3) is 11.5 Å². The maximum Gasteiger partial charge on any atom is 0.253 e. The number of aromatic nitrogens is 1. The molecule has 1 aromatic heterocycles. The average Bonchev–Trinajstić information content (AvgIpc) is 2.58. The normalized spacial score (nSPS) is 15.0. The van der Waals surface area contributed by atoms with Crippen molar-refractivity contribution in [1.29, 1.82) is 0 Å². The fourth-order valence-corrected chi connectivity index (χ4v) is 3.32. The summed E-state index contributed by atoms with van der Waals surface area (Å²) in [5, 5.41) is 9.01. The highest BCUT2D eigenvalue weighted by Gasteiger charge is 2.18. The number of carbonyl (C=O) groups excluding carboxylic acids is 2. The first-order valence-corrected chi connectivity index (χ1v) is 9.51. The Kier molecular flexibility index (Phi) is 7.55. The molecule has 2 amide bonds. The van der Waals surface area contributed by atoms with Crippen molar-refractivity contribution < 1.29 is 9.59 Å². The highest BCUT2D eigenvalue weighted by atomic mass is 16.2. The summed E-state index contributed by atoms with van der Waals surface area (Å²) in [5.41, 5.74) is 1.32. The van der Waals surface area contributed by atoms with Gasteiger partial charge >= 0.3 is 0 Å². The summed E-state index contributed by atoms with van der Waals surface area (Å²) in [6.07, 6.45) is 0. The van der Waals surface area contributed by atoms with Crippen LogP contribution in [0.25, 0.3) is 0 Å². The van der Waals surface area contributed by atoms with Gasteiger partial charge in [0.1, 0.15) is 6.54 Å². The first-order valence-electron chi connectivity index (χ1n) is 9.51. The Bertz CT molecular complexity index is 736. The lowest BCUT2D eigenvalue weighted by Crippen LogP contribution is -2.46. The van der Waals surface area contributed by atoms with Crippen molar-refractivity contribution >= 4 is 11.8 Å². The van der Waals surface area contributed by atoms with E-state index in [4.69, 9.17) is 0 Å². The van der Waals surface area contributed by atoms with E-state index in [0.29, 0.717) is 23.4 Å². The Morgan fingerprint density at radius 2 is 1.89 bits per heavy atom. The van der Waals surface area contributed by atoms with Gasteiger partial charge in [-0.15, -0.1) is 0 Å². The molecule has 0 radical (unpaired) electrons. The fourth-order valence-electron chi connectivity index (χ4n) is 3.32. The number of nitrogens with one attached hydrogen (secondary N) is 3. The number of amides is 2. The van der Waals surface area contributed by atoms with Crippen LogP contribution < -0.4 is 21.5 Å². The molecule has 8 heteroatoms. The van der Waals surface area contributed by atoms with E-state index in [0.717, 1.165) is 32.7 Å². The molecular formula is C19H31N5O3. The quantitative estimate of drug-likeness (QED) is 0.602. The van der Waals surface area contributed by atoms with E-state index >= 15 is 0 Å². The largest absolute Gasteiger partial charge is 0.352 e. The second-order valence-corrected chi connectivity index (χ2v) is 7.28. The van der Waals surface area contributed by atoms with Crippen molar-refractivity contribution in [3.8, 4) is 0 Å². The highest BCUT2D eigenvalue weighted by molar-refractivity contribution is 5.96. The molecule has 2 heterocycles. The average molecular weight is 377 g/mol. The van der Waals surface area contributed by atoms with Crippen LogP contribution in [0.15, 0.2) is 10.9 Å². The second kappa shape index (κ2) is 9.66. The maximum atomic E-state index is 12.7. The first kappa shape index (κ1) is 21.1. The van der Waals surface area contributed by atoms with Gasteiger partial charge in [-0.05, 0) is 33.3 Å². The molecule has 1 fully saturated rings. The zero-order valence-corrected chi connectivity index (χ0v) is 16.7. The van der Waals surface area contributed by atoms with Gasteiger partial charge in [0.15, 0.2) is 0 Å². The lowest BCUT2D eigenvalue weighted by Gasteiger charge is -2.27. The van der Waals surface area contributed by atoms with E-state index in [1.165, 1.54) is 10.6 Å². The summed E-state index contributed by atoms with van der Waals surface area (Å²) in [6, 6.07) is 1.41. The van der Waals surface area contributed by atoms with E-state index in [9.17, 15) is 14.4 Å². The van der Waals surface area contributed by atoms with Gasteiger partial charge in [-0.1, -0.05) is 0 Å². The van der Waals surface area contributed by atoms with Crippen LogP contribution in [0.4, 0.5) is 0 Å². The Morgan fingerprint density at radius 1 is 1.22 bits per heavy atom. The Labute approximate surface area is 160 Å². The summed E-state index contributed by atoms with van der Waals surface area (Å²) >= 11 is 0. The summed E-state index contributed by atoms with van der Waals surface area (Å²) in [6.45, 7) is 12.3. The Hall–Kier alpha value is -2.19. The molecule has 1 aliphatic heterocycles. The standard InChI is InChI=1S/C19H31N5O3/c1-13(2)22-16(25)12-24-15(4)18(14(3)11-17(24)26)19(27)21-7-10-23-8-5-20-6-9-23/h11,13,20H,5-10,12H2,1-4H3,(H,21,27)(H,22,25). The van der Waals surface area contributed by atoms with Crippen LogP contribution in [0.2, 0.25) is 0 Å². The molecule has 1 aromatic rings. The summed E-state index contributed by atoms with van der Waals surface area (Å²) in [7, 11) is 0. The molecule has 0 saturated carbocycles. The SMILES string of the molecule is Cc1cc(=O)n(CC(=O)NC(C)C)c(C)c1C(=O)NCCN1CCNCC1. The van der Waals surface area contributed by atoms with E-state index in [2.05, 4.69) is 20.9 Å². The van der Waals surface area contributed by atoms with Crippen molar-refractivity contribution in [2.45, 2.75) is 40.3 Å². The van der Waals surface area contributed by atoms with Crippen LogP contribution in [0.5, 0.6) is 0 Å². The predicted octanol–water partition coefficient (Wildman–Crippen LogP) is -0.375. The van der Waals surface area contributed by atoms with Gasteiger partial charge < -0.3 is 20.5 Å². The van der Waals surface area contributed by atoms with E-state index in [1.54, 1.807) is 13.8 Å². The number of hydrogen-bond acceptors (Lipinski definition) is 5. The molecule has 0 bridgehead atoms. The van der Waals surface area contributed by atoms with Crippen LogP contribution >= 0.6 is 0 Å². The van der Waals surface area contributed by atoms with Crippen molar-refractivity contribution in [3.63, 3.8) is 0 Å². The van der Waals surface area contributed by atoms with Crippen molar-refractivity contribution in [1.82, 2.24) is 25.4 Å². The molecule has 2 rings (SSSR count).